The highest BCUT2D eigenvalue weighted by Crippen LogP contribution is 2.29. The standard InChI is InChI=1S/C15H15BrN2O/c16-8-10-18(12-6-7-12)15(19)13-5-1-3-11-4-2-9-17-14(11)13/h1-5,9,12H,6-8,10H2. The van der Waals surface area contributed by atoms with Crippen LogP contribution in [0, 0.1) is 0 Å². The van der Waals surface area contributed by atoms with Crippen molar-refractivity contribution in [3.8, 4) is 0 Å². The number of aromatic nitrogens is 1. The zero-order chi connectivity index (χ0) is 13.2. The third-order valence-corrected chi connectivity index (χ3v) is 3.79. The molecule has 2 aromatic rings. The predicted molar refractivity (Wildman–Crippen MR) is 79.6 cm³/mol. The molecule has 0 aliphatic heterocycles. The number of fused-ring (bicyclic) bond motifs is 1. The van der Waals surface area contributed by atoms with Gasteiger partial charge in [-0.15, -0.1) is 0 Å². The molecule has 1 saturated carbocycles. The van der Waals surface area contributed by atoms with Gasteiger partial charge >= 0.3 is 0 Å². The van der Waals surface area contributed by atoms with E-state index < -0.39 is 0 Å². The Hall–Kier alpha value is -1.42. The van der Waals surface area contributed by atoms with Crippen LogP contribution in [0.15, 0.2) is 36.5 Å². The maximum Gasteiger partial charge on any atom is 0.256 e. The quantitative estimate of drug-likeness (QED) is 0.811. The van der Waals surface area contributed by atoms with E-state index in [0.29, 0.717) is 11.6 Å². The van der Waals surface area contributed by atoms with Crippen LogP contribution in [0.1, 0.15) is 23.2 Å². The molecule has 0 bridgehead atoms. The molecule has 0 radical (unpaired) electrons. The minimum absolute atomic E-state index is 0.103. The summed E-state index contributed by atoms with van der Waals surface area (Å²) >= 11 is 3.43. The number of para-hydroxylation sites is 1. The van der Waals surface area contributed by atoms with Crippen molar-refractivity contribution in [2.45, 2.75) is 18.9 Å². The Kier molecular flexibility index (Phi) is 3.51. The van der Waals surface area contributed by atoms with Gasteiger partial charge in [0.25, 0.3) is 5.91 Å². The van der Waals surface area contributed by atoms with Gasteiger partial charge in [-0.1, -0.05) is 34.1 Å². The van der Waals surface area contributed by atoms with Gasteiger partial charge in [-0.3, -0.25) is 9.78 Å². The van der Waals surface area contributed by atoms with Gasteiger partial charge in [-0.05, 0) is 25.0 Å². The van der Waals surface area contributed by atoms with Crippen LogP contribution in [0.2, 0.25) is 0 Å². The van der Waals surface area contributed by atoms with Gasteiger partial charge in [0.1, 0.15) is 0 Å². The second-order valence-corrected chi connectivity index (χ2v) is 5.59. The van der Waals surface area contributed by atoms with Crippen molar-refractivity contribution in [3.63, 3.8) is 0 Å². The van der Waals surface area contributed by atoms with Crippen LogP contribution in [0.5, 0.6) is 0 Å². The van der Waals surface area contributed by atoms with Crippen molar-refractivity contribution < 1.29 is 4.79 Å². The van der Waals surface area contributed by atoms with E-state index in [0.717, 1.165) is 35.6 Å². The smallest absolute Gasteiger partial charge is 0.256 e. The van der Waals surface area contributed by atoms with Crippen molar-refractivity contribution in [1.29, 1.82) is 0 Å². The molecule has 19 heavy (non-hydrogen) atoms. The minimum atomic E-state index is 0.103. The van der Waals surface area contributed by atoms with E-state index in [4.69, 9.17) is 0 Å². The molecule has 0 spiro atoms. The topological polar surface area (TPSA) is 33.2 Å². The predicted octanol–water partition coefficient (Wildman–Crippen LogP) is 3.23. The number of carbonyl (C=O) groups excluding carboxylic acids is 1. The summed E-state index contributed by atoms with van der Waals surface area (Å²) < 4.78 is 0. The van der Waals surface area contributed by atoms with E-state index >= 15 is 0 Å². The Morgan fingerprint density at radius 1 is 1.32 bits per heavy atom. The first-order valence-electron chi connectivity index (χ1n) is 6.52. The lowest BCUT2D eigenvalue weighted by atomic mass is 10.1. The van der Waals surface area contributed by atoms with Gasteiger partial charge in [0.2, 0.25) is 0 Å². The van der Waals surface area contributed by atoms with Gasteiger partial charge in [0, 0.05) is 29.5 Å². The Morgan fingerprint density at radius 2 is 2.11 bits per heavy atom. The van der Waals surface area contributed by atoms with Crippen LogP contribution >= 0.6 is 15.9 Å². The monoisotopic (exact) mass is 318 g/mol. The average Bonchev–Trinajstić information content (AvgIpc) is 3.28. The Bertz CT molecular complexity index is 605. The summed E-state index contributed by atoms with van der Waals surface area (Å²) in [4.78, 5) is 19.0. The molecule has 1 aliphatic carbocycles. The Labute approximate surface area is 120 Å². The minimum Gasteiger partial charge on any atom is -0.335 e. The third kappa shape index (κ3) is 2.50. The molecule has 0 saturated heterocycles. The summed E-state index contributed by atoms with van der Waals surface area (Å²) in [5.74, 6) is 0.103. The second kappa shape index (κ2) is 5.29. The number of amides is 1. The van der Waals surface area contributed by atoms with Gasteiger partial charge < -0.3 is 4.90 Å². The highest BCUT2D eigenvalue weighted by atomic mass is 79.9. The summed E-state index contributed by atoms with van der Waals surface area (Å²) in [6.45, 7) is 0.757. The molecule has 0 unspecified atom stereocenters. The van der Waals surface area contributed by atoms with Crippen LogP contribution in [-0.2, 0) is 0 Å². The Morgan fingerprint density at radius 3 is 2.84 bits per heavy atom. The van der Waals surface area contributed by atoms with Gasteiger partial charge in [-0.2, -0.15) is 0 Å². The maximum absolute atomic E-state index is 12.7. The largest absolute Gasteiger partial charge is 0.335 e. The molecule has 3 nitrogen and oxygen atoms in total. The van der Waals surface area contributed by atoms with E-state index in [2.05, 4.69) is 20.9 Å². The number of carbonyl (C=O) groups is 1. The van der Waals surface area contributed by atoms with Gasteiger partial charge in [-0.25, -0.2) is 0 Å². The van der Waals surface area contributed by atoms with Crippen LogP contribution in [0.4, 0.5) is 0 Å². The fraction of sp³-hybridized carbons (Fsp3) is 0.333. The molecule has 3 rings (SSSR count). The molecule has 0 N–H and O–H groups in total. The summed E-state index contributed by atoms with van der Waals surface area (Å²) in [6, 6.07) is 10.1. The van der Waals surface area contributed by atoms with E-state index in [1.54, 1.807) is 6.20 Å². The first-order valence-corrected chi connectivity index (χ1v) is 7.64. The number of nitrogens with zero attached hydrogens (tertiary/aromatic N) is 2. The zero-order valence-corrected chi connectivity index (χ0v) is 12.1. The lowest BCUT2D eigenvalue weighted by Gasteiger charge is -2.21. The fourth-order valence-electron chi connectivity index (χ4n) is 2.36. The molecular weight excluding hydrogens is 304 g/mol. The summed E-state index contributed by atoms with van der Waals surface area (Å²) in [5.41, 5.74) is 1.51. The van der Waals surface area contributed by atoms with Crippen LogP contribution in [0.3, 0.4) is 0 Å². The second-order valence-electron chi connectivity index (χ2n) is 4.80. The first-order chi connectivity index (χ1) is 9.31. The molecule has 1 aliphatic rings. The highest BCUT2D eigenvalue weighted by Gasteiger charge is 2.33. The first kappa shape index (κ1) is 12.6. The van der Waals surface area contributed by atoms with E-state index in [9.17, 15) is 4.79 Å². The summed E-state index contributed by atoms with van der Waals surface area (Å²) in [6.07, 6.45) is 3.99. The molecule has 1 aromatic heterocycles. The number of hydrogen-bond acceptors (Lipinski definition) is 2. The molecule has 98 valence electrons. The highest BCUT2D eigenvalue weighted by molar-refractivity contribution is 9.09. The fourth-order valence-corrected chi connectivity index (χ4v) is 2.74. The lowest BCUT2D eigenvalue weighted by molar-refractivity contribution is 0.0756. The number of pyridine rings is 1. The lowest BCUT2D eigenvalue weighted by Crippen LogP contribution is -2.34. The average molecular weight is 319 g/mol. The van der Waals surface area contributed by atoms with Crippen molar-refractivity contribution in [2.75, 3.05) is 11.9 Å². The number of halogens is 1. The van der Waals surface area contributed by atoms with E-state index in [1.807, 2.05) is 35.2 Å². The normalized spacial score (nSPS) is 14.6. The number of rotatable bonds is 4. The molecule has 4 heteroatoms. The third-order valence-electron chi connectivity index (χ3n) is 3.44. The van der Waals surface area contributed by atoms with E-state index in [-0.39, 0.29) is 5.91 Å². The number of alkyl halides is 1. The van der Waals surface area contributed by atoms with Crippen LogP contribution in [0.25, 0.3) is 10.9 Å². The molecule has 1 heterocycles. The molecule has 1 aromatic carbocycles. The molecule has 1 amide bonds. The van der Waals surface area contributed by atoms with Gasteiger partial charge in [0.15, 0.2) is 0 Å². The zero-order valence-electron chi connectivity index (χ0n) is 10.6. The van der Waals surface area contributed by atoms with Crippen molar-refractivity contribution >= 4 is 32.7 Å². The summed E-state index contributed by atoms with van der Waals surface area (Å²) in [7, 11) is 0. The molecular formula is C15H15BrN2O. The summed E-state index contributed by atoms with van der Waals surface area (Å²) in [5, 5.41) is 1.83. The van der Waals surface area contributed by atoms with Crippen molar-refractivity contribution in [1.82, 2.24) is 9.88 Å². The number of benzene rings is 1. The van der Waals surface area contributed by atoms with Gasteiger partial charge in [0.05, 0.1) is 11.1 Å². The van der Waals surface area contributed by atoms with Crippen LogP contribution < -0.4 is 0 Å². The SMILES string of the molecule is O=C(c1cccc2cccnc12)N(CCBr)C1CC1. The van der Waals surface area contributed by atoms with Crippen molar-refractivity contribution in [2.24, 2.45) is 0 Å². The molecule has 0 atom stereocenters. The maximum atomic E-state index is 12.7. The van der Waals surface area contributed by atoms with Crippen LogP contribution in [-0.4, -0.2) is 33.7 Å². The van der Waals surface area contributed by atoms with Crippen molar-refractivity contribution in [3.05, 3.63) is 42.1 Å². The van der Waals surface area contributed by atoms with E-state index in [1.165, 1.54) is 0 Å². The molecule has 1 fully saturated rings. The number of hydrogen-bond donors (Lipinski definition) is 0. The Balaban J connectivity index is 2.00.